The van der Waals surface area contributed by atoms with Crippen LogP contribution in [0.1, 0.15) is 11.1 Å². The lowest BCUT2D eigenvalue weighted by Gasteiger charge is -2.34. The van der Waals surface area contributed by atoms with E-state index in [0.717, 1.165) is 36.8 Å². The highest BCUT2D eigenvalue weighted by atomic mass is 35.5. The highest BCUT2D eigenvalue weighted by molar-refractivity contribution is 6.30. The van der Waals surface area contributed by atoms with Crippen molar-refractivity contribution in [3.8, 4) is 0 Å². The van der Waals surface area contributed by atoms with Crippen LogP contribution < -0.4 is 4.90 Å². The summed E-state index contributed by atoms with van der Waals surface area (Å²) < 4.78 is 0. The molecule has 0 spiro atoms. The summed E-state index contributed by atoms with van der Waals surface area (Å²) in [5.41, 5.74) is 3.63. The molecule has 1 aliphatic rings. The van der Waals surface area contributed by atoms with E-state index in [1.807, 2.05) is 30.5 Å². The molecule has 0 bridgehead atoms. The molecule has 1 saturated heterocycles. The van der Waals surface area contributed by atoms with Gasteiger partial charge in [-0.2, -0.15) is 5.10 Å². The van der Waals surface area contributed by atoms with Crippen molar-refractivity contribution in [2.24, 2.45) is 5.10 Å². The van der Waals surface area contributed by atoms with Crippen molar-refractivity contribution >= 4 is 23.5 Å². The van der Waals surface area contributed by atoms with Gasteiger partial charge in [0.05, 0.1) is 19.3 Å². The second-order valence-corrected chi connectivity index (χ2v) is 6.01. The number of hydrogen-bond donors (Lipinski definition) is 0. The standard InChI is InChI=1S/C18H20ClN3/c1-15-5-7-18(8-6-15)21-9-11-22(12-10-21)20-14-16-3-2-4-17(19)13-16/h2-8,13-14H,9-12H2,1H3/b20-14-. The van der Waals surface area contributed by atoms with Crippen LogP contribution in [0.2, 0.25) is 5.02 Å². The van der Waals surface area contributed by atoms with Crippen LogP contribution in [-0.4, -0.2) is 37.4 Å². The van der Waals surface area contributed by atoms with E-state index in [2.05, 4.69) is 46.2 Å². The number of piperazine rings is 1. The fourth-order valence-corrected chi connectivity index (χ4v) is 2.76. The van der Waals surface area contributed by atoms with Gasteiger partial charge in [-0.25, -0.2) is 0 Å². The molecule has 2 aromatic rings. The smallest absolute Gasteiger partial charge is 0.0543 e. The third-order valence-electron chi connectivity index (χ3n) is 3.87. The Kier molecular flexibility index (Phi) is 4.64. The molecule has 0 radical (unpaired) electrons. The fraction of sp³-hybridized carbons (Fsp3) is 0.278. The molecule has 0 saturated carbocycles. The van der Waals surface area contributed by atoms with E-state index < -0.39 is 0 Å². The molecule has 1 fully saturated rings. The van der Waals surface area contributed by atoms with E-state index in [-0.39, 0.29) is 0 Å². The Bertz CT molecular complexity index is 644. The second-order valence-electron chi connectivity index (χ2n) is 5.58. The molecule has 0 aliphatic carbocycles. The molecule has 2 aromatic carbocycles. The minimum absolute atomic E-state index is 0.744. The maximum atomic E-state index is 5.98. The van der Waals surface area contributed by atoms with Crippen molar-refractivity contribution in [3.63, 3.8) is 0 Å². The molecule has 4 heteroatoms. The molecule has 114 valence electrons. The lowest BCUT2D eigenvalue weighted by Crippen LogP contribution is -2.44. The first kappa shape index (κ1) is 14.9. The van der Waals surface area contributed by atoms with Gasteiger partial charge in [-0.05, 0) is 36.8 Å². The SMILES string of the molecule is Cc1ccc(N2CCN(/N=C\c3cccc(Cl)c3)CC2)cc1. The molecule has 22 heavy (non-hydrogen) atoms. The van der Waals surface area contributed by atoms with Crippen LogP contribution >= 0.6 is 11.6 Å². The minimum atomic E-state index is 0.744. The molecule has 0 atom stereocenters. The maximum Gasteiger partial charge on any atom is 0.0543 e. The van der Waals surface area contributed by atoms with E-state index >= 15 is 0 Å². The van der Waals surface area contributed by atoms with Crippen LogP contribution in [0.5, 0.6) is 0 Å². The molecule has 0 N–H and O–H groups in total. The van der Waals surface area contributed by atoms with Crippen molar-refractivity contribution < 1.29 is 0 Å². The van der Waals surface area contributed by atoms with Crippen LogP contribution in [0.4, 0.5) is 5.69 Å². The monoisotopic (exact) mass is 313 g/mol. The number of anilines is 1. The van der Waals surface area contributed by atoms with Crippen molar-refractivity contribution in [1.82, 2.24) is 5.01 Å². The number of hydrogen-bond acceptors (Lipinski definition) is 3. The Hall–Kier alpha value is -2.00. The van der Waals surface area contributed by atoms with Crippen molar-refractivity contribution in [2.45, 2.75) is 6.92 Å². The van der Waals surface area contributed by atoms with Crippen LogP contribution in [0.15, 0.2) is 53.6 Å². The topological polar surface area (TPSA) is 18.8 Å². The Morgan fingerprint density at radius 3 is 2.41 bits per heavy atom. The van der Waals surface area contributed by atoms with Gasteiger partial charge in [0.15, 0.2) is 0 Å². The van der Waals surface area contributed by atoms with E-state index in [0.29, 0.717) is 0 Å². The Morgan fingerprint density at radius 1 is 1.00 bits per heavy atom. The predicted octanol–water partition coefficient (Wildman–Crippen LogP) is 3.80. The Balaban J connectivity index is 1.56. The summed E-state index contributed by atoms with van der Waals surface area (Å²) in [5, 5.41) is 7.42. The van der Waals surface area contributed by atoms with Gasteiger partial charge in [-0.3, -0.25) is 5.01 Å². The van der Waals surface area contributed by atoms with Crippen molar-refractivity contribution in [1.29, 1.82) is 0 Å². The van der Waals surface area contributed by atoms with E-state index in [4.69, 9.17) is 11.6 Å². The number of aryl methyl sites for hydroxylation is 1. The minimum Gasteiger partial charge on any atom is -0.368 e. The number of benzene rings is 2. The highest BCUT2D eigenvalue weighted by Gasteiger charge is 2.15. The Labute approximate surface area is 136 Å². The summed E-state index contributed by atoms with van der Waals surface area (Å²) in [4.78, 5) is 2.41. The van der Waals surface area contributed by atoms with Gasteiger partial charge >= 0.3 is 0 Å². The van der Waals surface area contributed by atoms with E-state index in [1.54, 1.807) is 0 Å². The zero-order valence-corrected chi connectivity index (χ0v) is 13.5. The summed E-state index contributed by atoms with van der Waals surface area (Å²) in [6.07, 6.45) is 1.88. The lowest BCUT2D eigenvalue weighted by atomic mass is 10.2. The second kappa shape index (κ2) is 6.84. The average molecular weight is 314 g/mol. The summed E-state index contributed by atoms with van der Waals surface area (Å²) in [5.74, 6) is 0. The van der Waals surface area contributed by atoms with Crippen LogP contribution in [0, 0.1) is 6.92 Å². The third-order valence-corrected chi connectivity index (χ3v) is 4.11. The first-order chi connectivity index (χ1) is 10.7. The summed E-state index contributed by atoms with van der Waals surface area (Å²) in [6.45, 7) is 5.98. The van der Waals surface area contributed by atoms with Gasteiger partial charge in [0.2, 0.25) is 0 Å². The molecule has 0 aromatic heterocycles. The molecule has 3 nitrogen and oxygen atoms in total. The maximum absolute atomic E-state index is 5.98. The highest BCUT2D eigenvalue weighted by Crippen LogP contribution is 2.17. The molecule has 1 heterocycles. The van der Waals surface area contributed by atoms with Gasteiger partial charge in [0, 0.05) is 23.8 Å². The summed E-state index contributed by atoms with van der Waals surface area (Å²) in [6, 6.07) is 16.5. The molecular weight excluding hydrogens is 294 g/mol. The first-order valence-electron chi connectivity index (χ1n) is 7.57. The predicted molar refractivity (Wildman–Crippen MR) is 94.0 cm³/mol. The largest absolute Gasteiger partial charge is 0.368 e. The fourth-order valence-electron chi connectivity index (χ4n) is 2.56. The number of hydrazone groups is 1. The van der Waals surface area contributed by atoms with Gasteiger partial charge in [0.1, 0.15) is 0 Å². The van der Waals surface area contributed by atoms with Crippen molar-refractivity contribution in [3.05, 3.63) is 64.7 Å². The van der Waals surface area contributed by atoms with E-state index in [1.165, 1.54) is 11.3 Å². The zero-order valence-electron chi connectivity index (χ0n) is 12.7. The summed E-state index contributed by atoms with van der Waals surface area (Å²) in [7, 11) is 0. The Morgan fingerprint density at radius 2 is 1.73 bits per heavy atom. The van der Waals surface area contributed by atoms with E-state index in [9.17, 15) is 0 Å². The van der Waals surface area contributed by atoms with Crippen molar-refractivity contribution in [2.75, 3.05) is 31.1 Å². The van der Waals surface area contributed by atoms with Gasteiger partial charge in [-0.15, -0.1) is 0 Å². The average Bonchev–Trinajstić information content (AvgIpc) is 2.54. The lowest BCUT2D eigenvalue weighted by molar-refractivity contribution is 0.272. The van der Waals surface area contributed by atoms with Gasteiger partial charge in [0.25, 0.3) is 0 Å². The van der Waals surface area contributed by atoms with Crippen LogP contribution in [0.25, 0.3) is 0 Å². The third kappa shape index (κ3) is 3.80. The van der Waals surface area contributed by atoms with Gasteiger partial charge < -0.3 is 4.90 Å². The molecular formula is C18H20ClN3. The zero-order chi connectivity index (χ0) is 15.4. The molecule has 0 unspecified atom stereocenters. The normalized spacial score (nSPS) is 15.5. The molecule has 3 rings (SSSR count). The number of nitrogens with zero attached hydrogens (tertiary/aromatic N) is 3. The first-order valence-corrected chi connectivity index (χ1v) is 7.95. The number of halogens is 1. The molecule has 0 amide bonds. The van der Waals surface area contributed by atoms with Crippen LogP contribution in [-0.2, 0) is 0 Å². The summed E-state index contributed by atoms with van der Waals surface area (Å²) >= 11 is 5.98. The number of rotatable bonds is 3. The molecule has 1 aliphatic heterocycles. The van der Waals surface area contributed by atoms with Crippen LogP contribution in [0.3, 0.4) is 0 Å². The quantitative estimate of drug-likeness (QED) is 0.803. The van der Waals surface area contributed by atoms with Gasteiger partial charge in [-0.1, -0.05) is 41.4 Å².